The highest BCUT2D eigenvalue weighted by Crippen LogP contribution is 2.54. The molecule has 2 saturated heterocycles. The highest BCUT2D eigenvalue weighted by atomic mass is 16.6. The molecule has 4 atom stereocenters. The summed E-state index contributed by atoms with van der Waals surface area (Å²) < 4.78 is 12.8. The molecule has 2 unspecified atom stereocenters. The van der Waals surface area contributed by atoms with Crippen LogP contribution in [0.1, 0.15) is 111 Å². The highest BCUT2D eigenvalue weighted by Gasteiger charge is 2.57. The predicted molar refractivity (Wildman–Crippen MR) is 186 cm³/mol. The van der Waals surface area contributed by atoms with Gasteiger partial charge in [-0.2, -0.15) is 0 Å². The second kappa shape index (κ2) is 12.6. The Bertz CT molecular complexity index is 1270. The summed E-state index contributed by atoms with van der Waals surface area (Å²) in [7, 11) is 0. The molecule has 4 aliphatic rings. The molecule has 0 amide bonds. The van der Waals surface area contributed by atoms with E-state index in [2.05, 4.69) is 126 Å². The maximum absolute atomic E-state index is 14.1. The lowest BCUT2D eigenvalue weighted by atomic mass is 9.76. The summed E-state index contributed by atoms with van der Waals surface area (Å²) in [4.78, 5) is 33.3. The van der Waals surface area contributed by atoms with Crippen LogP contribution in [0.3, 0.4) is 0 Å². The molecule has 2 aliphatic heterocycles. The van der Waals surface area contributed by atoms with Crippen molar-refractivity contribution < 1.29 is 19.1 Å². The largest absolute Gasteiger partial charge is 0.462 e. The smallest absolute Gasteiger partial charge is 0.310 e. The molecule has 2 heterocycles. The number of carbonyl (C=O) groups is 2. The van der Waals surface area contributed by atoms with Crippen molar-refractivity contribution in [3.8, 4) is 0 Å². The maximum Gasteiger partial charge on any atom is 0.310 e. The van der Waals surface area contributed by atoms with E-state index in [1.165, 1.54) is 11.1 Å². The van der Waals surface area contributed by atoms with Gasteiger partial charge in [-0.1, -0.05) is 60.7 Å². The van der Waals surface area contributed by atoms with E-state index in [0.29, 0.717) is 0 Å². The van der Waals surface area contributed by atoms with Gasteiger partial charge in [-0.15, -0.1) is 0 Å². The van der Waals surface area contributed by atoms with Crippen LogP contribution in [0.2, 0.25) is 0 Å². The lowest BCUT2D eigenvalue weighted by Gasteiger charge is -2.55. The lowest BCUT2D eigenvalue weighted by molar-refractivity contribution is -0.180. The van der Waals surface area contributed by atoms with Crippen LogP contribution in [-0.4, -0.2) is 56.1 Å². The van der Waals surface area contributed by atoms with E-state index in [4.69, 9.17) is 9.47 Å². The van der Waals surface area contributed by atoms with Gasteiger partial charge in [0.25, 0.3) is 0 Å². The van der Waals surface area contributed by atoms with Gasteiger partial charge in [-0.05, 0) is 97.6 Å². The van der Waals surface area contributed by atoms with Crippen molar-refractivity contribution in [1.29, 1.82) is 0 Å². The van der Waals surface area contributed by atoms with E-state index in [-0.39, 0.29) is 58.1 Å². The number of benzene rings is 2. The number of rotatable bonds is 8. The monoisotopic (exact) mass is 642 g/mol. The summed E-state index contributed by atoms with van der Waals surface area (Å²) >= 11 is 0. The number of ether oxygens (including phenoxy) is 2. The van der Waals surface area contributed by atoms with Crippen LogP contribution in [0.5, 0.6) is 0 Å². The summed E-state index contributed by atoms with van der Waals surface area (Å²) in [5, 5.41) is 0. The van der Waals surface area contributed by atoms with Gasteiger partial charge in [0.05, 0.1) is 11.8 Å². The first-order chi connectivity index (χ1) is 22.1. The second-order valence-corrected chi connectivity index (χ2v) is 17.7. The molecule has 2 saturated carbocycles. The Morgan fingerprint density at radius 3 is 1.21 bits per heavy atom. The van der Waals surface area contributed by atoms with Gasteiger partial charge in [-0.25, -0.2) is 0 Å². The third-order valence-corrected chi connectivity index (χ3v) is 12.2. The standard InChI is InChI=1S/C41H58N2O4/c1-38(2)22-32(23-39(3,4)42(38)26-28-15-11-9-12-16-28)46-36(44)34-30-19-20-31(21-30)35(34)37(45)47-33-24-40(5,6)43(41(7,8)25-33)27-29-17-13-10-14-18-29/h9-18,30-35H,19-27H2,1-8H3/t30-,31+,34?,35?. The summed E-state index contributed by atoms with van der Waals surface area (Å²) in [6.07, 6.45) is 5.67. The van der Waals surface area contributed by atoms with Crippen LogP contribution < -0.4 is 0 Å². The van der Waals surface area contributed by atoms with Gasteiger partial charge in [-0.3, -0.25) is 19.4 Å². The summed E-state index contributed by atoms with van der Waals surface area (Å²) in [6.45, 7) is 19.9. The van der Waals surface area contributed by atoms with Gasteiger partial charge < -0.3 is 9.47 Å². The number of carbonyl (C=O) groups excluding carboxylic acids is 2. The number of hydrogen-bond acceptors (Lipinski definition) is 6. The zero-order chi connectivity index (χ0) is 33.8. The van der Waals surface area contributed by atoms with Crippen LogP contribution in [0.25, 0.3) is 0 Å². The average molecular weight is 643 g/mol. The molecule has 6 nitrogen and oxygen atoms in total. The number of fused-ring (bicyclic) bond motifs is 2. The minimum absolute atomic E-state index is 0.148. The Labute approximate surface area is 283 Å². The fraction of sp³-hybridized carbons (Fsp3) is 0.659. The minimum atomic E-state index is -0.394. The van der Waals surface area contributed by atoms with Crippen molar-refractivity contribution >= 4 is 11.9 Å². The number of likely N-dealkylation sites (tertiary alicyclic amines) is 2. The SMILES string of the molecule is CC1(C)CC(OC(=O)C2C(C(=O)OC3CC(C)(C)N(Cc4ccccc4)C(C)(C)C3)[C@H]3CC[C@@H]2C3)CC(C)(C)N1Cc1ccccc1. The summed E-state index contributed by atoms with van der Waals surface area (Å²) in [5.74, 6) is -0.714. The van der Waals surface area contributed by atoms with Crippen molar-refractivity contribution in [2.45, 2.75) is 148 Å². The second-order valence-electron chi connectivity index (χ2n) is 17.7. The third-order valence-electron chi connectivity index (χ3n) is 12.2. The molecule has 6 heteroatoms. The van der Waals surface area contributed by atoms with E-state index < -0.39 is 11.8 Å². The molecule has 256 valence electrons. The quantitative estimate of drug-likeness (QED) is 0.271. The molecule has 6 rings (SSSR count). The Morgan fingerprint density at radius 2 is 0.894 bits per heavy atom. The zero-order valence-electron chi connectivity index (χ0n) is 30.1. The van der Waals surface area contributed by atoms with E-state index in [1.54, 1.807) is 0 Å². The van der Waals surface area contributed by atoms with Crippen molar-refractivity contribution in [2.75, 3.05) is 0 Å². The van der Waals surface area contributed by atoms with Gasteiger partial charge in [0, 0.05) is 60.9 Å². The Morgan fingerprint density at radius 1 is 0.574 bits per heavy atom. The number of hydrogen-bond donors (Lipinski definition) is 0. The molecular formula is C41H58N2O4. The summed E-state index contributed by atoms with van der Waals surface area (Å²) in [6, 6.07) is 21.2. The normalized spacial score (nSPS) is 30.2. The van der Waals surface area contributed by atoms with Gasteiger partial charge >= 0.3 is 11.9 Å². The zero-order valence-corrected chi connectivity index (χ0v) is 30.1. The first-order valence-electron chi connectivity index (χ1n) is 18.1. The molecule has 2 aromatic rings. The van der Waals surface area contributed by atoms with E-state index in [9.17, 15) is 9.59 Å². The van der Waals surface area contributed by atoms with Crippen molar-refractivity contribution in [1.82, 2.24) is 9.80 Å². The molecule has 47 heavy (non-hydrogen) atoms. The van der Waals surface area contributed by atoms with Gasteiger partial charge in [0.2, 0.25) is 0 Å². The first-order valence-corrected chi connectivity index (χ1v) is 18.1. The Balaban J connectivity index is 1.11. The molecule has 0 aromatic heterocycles. The van der Waals surface area contributed by atoms with Crippen LogP contribution in [0, 0.1) is 23.7 Å². The number of nitrogens with zero attached hydrogens (tertiary/aromatic N) is 2. The average Bonchev–Trinajstić information content (AvgIpc) is 3.60. The molecular weight excluding hydrogens is 584 g/mol. The van der Waals surface area contributed by atoms with Crippen molar-refractivity contribution in [2.24, 2.45) is 23.7 Å². The molecule has 2 aromatic carbocycles. The minimum Gasteiger partial charge on any atom is -0.462 e. The predicted octanol–water partition coefficient (Wildman–Crippen LogP) is 8.18. The van der Waals surface area contributed by atoms with Crippen LogP contribution in [0.15, 0.2) is 60.7 Å². The van der Waals surface area contributed by atoms with Gasteiger partial charge in [0.15, 0.2) is 0 Å². The molecule has 0 N–H and O–H groups in total. The lowest BCUT2D eigenvalue weighted by Crippen LogP contribution is -2.62. The van der Waals surface area contributed by atoms with E-state index in [1.807, 2.05) is 0 Å². The first kappa shape index (κ1) is 34.2. The fourth-order valence-corrected chi connectivity index (χ4v) is 10.5. The summed E-state index contributed by atoms with van der Waals surface area (Å²) in [5.41, 5.74) is 1.99. The molecule has 0 spiro atoms. The van der Waals surface area contributed by atoms with Crippen molar-refractivity contribution in [3.63, 3.8) is 0 Å². The highest BCUT2D eigenvalue weighted by molar-refractivity contribution is 5.84. The number of esters is 2. The van der Waals surface area contributed by atoms with Crippen LogP contribution in [0.4, 0.5) is 0 Å². The van der Waals surface area contributed by atoms with Crippen LogP contribution >= 0.6 is 0 Å². The number of piperidine rings is 2. The third kappa shape index (κ3) is 7.06. The van der Waals surface area contributed by atoms with Crippen molar-refractivity contribution in [3.05, 3.63) is 71.8 Å². The topological polar surface area (TPSA) is 59.1 Å². The Kier molecular flexibility index (Phi) is 9.19. The Hall–Kier alpha value is -2.70. The fourth-order valence-electron chi connectivity index (χ4n) is 10.5. The molecule has 2 aliphatic carbocycles. The van der Waals surface area contributed by atoms with Crippen LogP contribution in [-0.2, 0) is 32.2 Å². The van der Waals surface area contributed by atoms with E-state index >= 15 is 0 Å². The van der Waals surface area contributed by atoms with Gasteiger partial charge in [0.1, 0.15) is 12.2 Å². The van der Waals surface area contributed by atoms with E-state index in [0.717, 1.165) is 58.0 Å². The molecule has 4 fully saturated rings. The maximum atomic E-state index is 14.1. The molecule has 2 bridgehead atoms. The molecule has 0 radical (unpaired) electrons.